The summed E-state index contributed by atoms with van der Waals surface area (Å²) in [6, 6.07) is 7.10. The maximum absolute atomic E-state index is 14.6. The minimum atomic E-state index is -3.52. The summed E-state index contributed by atoms with van der Waals surface area (Å²) in [5.41, 5.74) is 0.325. The van der Waals surface area contributed by atoms with Gasteiger partial charge < -0.3 is 15.0 Å². The van der Waals surface area contributed by atoms with Gasteiger partial charge in [0.2, 0.25) is 5.91 Å². The van der Waals surface area contributed by atoms with Crippen molar-refractivity contribution in [2.75, 3.05) is 19.5 Å². The van der Waals surface area contributed by atoms with Crippen molar-refractivity contribution in [3.8, 4) is 0 Å². The number of halogens is 2. The van der Waals surface area contributed by atoms with E-state index in [-0.39, 0.29) is 33.9 Å². The van der Waals surface area contributed by atoms with E-state index in [9.17, 15) is 26.8 Å². The van der Waals surface area contributed by atoms with Gasteiger partial charge in [-0.25, -0.2) is 17.2 Å². The van der Waals surface area contributed by atoms with Crippen LogP contribution in [0, 0.1) is 23.5 Å². The Morgan fingerprint density at radius 2 is 1.83 bits per heavy atom. The number of rotatable bonds is 6. The number of amides is 2. The van der Waals surface area contributed by atoms with Crippen LogP contribution in [0.25, 0.3) is 0 Å². The van der Waals surface area contributed by atoms with Gasteiger partial charge in [-0.1, -0.05) is 19.1 Å². The zero-order valence-corrected chi connectivity index (χ0v) is 20.5. The quantitative estimate of drug-likeness (QED) is 0.650. The Morgan fingerprint density at radius 3 is 2.43 bits per heavy atom. The van der Waals surface area contributed by atoms with Crippen molar-refractivity contribution in [3.63, 3.8) is 0 Å². The van der Waals surface area contributed by atoms with Crippen LogP contribution in [0.3, 0.4) is 0 Å². The van der Waals surface area contributed by atoms with Gasteiger partial charge in [-0.15, -0.1) is 0 Å². The van der Waals surface area contributed by atoms with E-state index in [0.717, 1.165) is 18.4 Å². The summed E-state index contributed by atoms with van der Waals surface area (Å²) < 4.78 is 57.2. The van der Waals surface area contributed by atoms with Crippen LogP contribution in [0.1, 0.15) is 42.2 Å². The highest BCUT2D eigenvalue weighted by Crippen LogP contribution is 2.34. The molecule has 4 rings (SSSR count). The summed E-state index contributed by atoms with van der Waals surface area (Å²) in [6.07, 6.45) is 1.45. The highest BCUT2D eigenvalue weighted by molar-refractivity contribution is 7.90. The minimum Gasteiger partial charge on any atom is -0.381 e. The normalized spacial score (nSPS) is 23.6. The third-order valence-corrected chi connectivity index (χ3v) is 8.08. The molecule has 10 heteroatoms. The first kappa shape index (κ1) is 25.2. The number of carbonyl (C=O) groups is 2. The second kappa shape index (κ2) is 9.66. The average molecular weight is 507 g/mol. The number of benzene rings is 2. The van der Waals surface area contributed by atoms with Crippen molar-refractivity contribution < 1.29 is 31.5 Å². The standard InChI is InChI=1S/C25H28F2N2O5S/c1-14-9-22(29(15(14)2)25(31)16-5-4-6-19(10-16)35(3,32)33)24(30)28-23(17-12-34-13-17)20-8-7-18(26)11-21(20)27/h4-8,10-11,14-15,17,22-23H,9,12-13H2,1-3H3,(H,28,30)/t14-,15-,22-,23?/m1/s1. The molecule has 2 aliphatic heterocycles. The lowest BCUT2D eigenvalue weighted by molar-refractivity contribution is -0.128. The largest absolute Gasteiger partial charge is 0.381 e. The summed E-state index contributed by atoms with van der Waals surface area (Å²) in [4.78, 5) is 28.4. The van der Waals surface area contributed by atoms with Gasteiger partial charge >= 0.3 is 0 Å². The first-order chi connectivity index (χ1) is 16.5. The van der Waals surface area contributed by atoms with Crippen molar-refractivity contribution in [3.05, 3.63) is 65.2 Å². The van der Waals surface area contributed by atoms with Crippen molar-refractivity contribution in [1.82, 2.24) is 10.2 Å². The zero-order chi connectivity index (χ0) is 25.5. The topological polar surface area (TPSA) is 92.8 Å². The number of likely N-dealkylation sites (tertiary alicyclic amines) is 1. The van der Waals surface area contributed by atoms with Crippen LogP contribution in [0.2, 0.25) is 0 Å². The van der Waals surface area contributed by atoms with Crippen LogP contribution in [0.5, 0.6) is 0 Å². The Kier molecular flexibility index (Phi) is 6.97. The second-order valence-electron chi connectivity index (χ2n) is 9.43. The summed E-state index contributed by atoms with van der Waals surface area (Å²) in [5, 5.41) is 2.88. The second-order valence-corrected chi connectivity index (χ2v) is 11.4. The van der Waals surface area contributed by atoms with E-state index in [0.29, 0.717) is 19.6 Å². The molecule has 4 atom stereocenters. The third-order valence-electron chi connectivity index (χ3n) is 6.97. The van der Waals surface area contributed by atoms with E-state index in [1.165, 1.54) is 35.2 Å². The van der Waals surface area contributed by atoms with Crippen LogP contribution >= 0.6 is 0 Å². The average Bonchev–Trinajstić information content (AvgIpc) is 3.05. The number of nitrogens with zero attached hydrogens (tertiary/aromatic N) is 1. The highest BCUT2D eigenvalue weighted by Gasteiger charge is 2.44. The molecule has 0 bridgehead atoms. The molecule has 0 aliphatic carbocycles. The van der Waals surface area contributed by atoms with Gasteiger partial charge in [0.15, 0.2) is 9.84 Å². The lowest BCUT2D eigenvalue weighted by atomic mass is 9.90. The molecule has 2 aliphatic rings. The molecule has 2 amide bonds. The lowest BCUT2D eigenvalue weighted by Gasteiger charge is -2.36. The van der Waals surface area contributed by atoms with Crippen molar-refractivity contribution in [2.45, 2.75) is 43.3 Å². The SMILES string of the molecule is C[C@@H]1C[C@H](C(=O)NC(c2ccc(F)cc2F)C2COC2)N(C(=O)c2cccc(S(C)(=O)=O)c2)[C@@H]1C. The number of nitrogens with one attached hydrogen (secondary N) is 1. The molecule has 0 saturated carbocycles. The molecule has 2 fully saturated rings. The number of carbonyl (C=O) groups excluding carboxylic acids is 2. The molecule has 188 valence electrons. The Labute approximate surface area is 203 Å². The molecular weight excluding hydrogens is 478 g/mol. The lowest BCUT2D eigenvalue weighted by Crippen LogP contribution is -2.51. The molecule has 2 heterocycles. The van der Waals surface area contributed by atoms with Gasteiger partial charge in [0, 0.05) is 35.4 Å². The van der Waals surface area contributed by atoms with Gasteiger partial charge in [0.05, 0.1) is 24.2 Å². The third kappa shape index (κ3) is 5.08. The Balaban J connectivity index is 1.62. The van der Waals surface area contributed by atoms with Gasteiger partial charge in [0.25, 0.3) is 5.91 Å². The summed E-state index contributed by atoms with van der Waals surface area (Å²) >= 11 is 0. The molecule has 0 spiro atoms. The Bertz CT molecular complexity index is 1250. The maximum Gasteiger partial charge on any atom is 0.254 e. The molecule has 0 radical (unpaired) electrons. The minimum absolute atomic E-state index is 0.000772. The first-order valence-corrected chi connectivity index (χ1v) is 13.3. The molecule has 2 saturated heterocycles. The van der Waals surface area contributed by atoms with Crippen LogP contribution in [-0.2, 0) is 19.4 Å². The highest BCUT2D eigenvalue weighted by atomic mass is 32.2. The molecule has 1 unspecified atom stereocenters. The molecular formula is C25H28F2N2O5S. The molecule has 2 aromatic rings. The van der Waals surface area contributed by atoms with E-state index in [4.69, 9.17) is 4.74 Å². The Hall–Kier alpha value is -2.85. The number of ether oxygens (including phenoxy) is 1. The van der Waals surface area contributed by atoms with Crippen LogP contribution in [0.4, 0.5) is 8.78 Å². The molecule has 0 aromatic heterocycles. The van der Waals surface area contributed by atoms with Crippen molar-refractivity contribution in [2.24, 2.45) is 11.8 Å². The van der Waals surface area contributed by atoms with E-state index in [1.807, 2.05) is 13.8 Å². The van der Waals surface area contributed by atoms with Gasteiger partial charge in [-0.05, 0) is 43.5 Å². The molecule has 7 nitrogen and oxygen atoms in total. The fourth-order valence-corrected chi connectivity index (χ4v) is 5.36. The fourth-order valence-electron chi connectivity index (χ4n) is 4.69. The molecule has 1 N–H and O–H groups in total. The fraction of sp³-hybridized carbons (Fsp3) is 0.440. The predicted molar refractivity (Wildman–Crippen MR) is 124 cm³/mol. The predicted octanol–water partition coefficient (Wildman–Crippen LogP) is 3.11. The van der Waals surface area contributed by atoms with E-state index >= 15 is 0 Å². The van der Waals surface area contributed by atoms with E-state index in [1.54, 1.807) is 0 Å². The molecule has 2 aromatic carbocycles. The summed E-state index contributed by atoms with van der Waals surface area (Å²) in [7, 11) is -3.52. The van der Waals surface area contributed by atoms with Gasteiger partial charge in [-0.3, -0.25) is 9.59 Å². The van der Waals surface area contributed by atoms with E-state index < -0.39 is 45.4 Å². The van der Waals surface area contributed by atoms with Crippen LogP contribution in [0.15, 0.2) is 47.4 Å². The van der Waals surface area contributed by atoms with Crippen molar-refractivity contribution >= 4 is 21.7 Å². The van der Waals surface area contributed by atoms with Crippen molar-refractivity contribution in [1.29, 1.82) is 0 Å². The van der Waals surface area contributed by atoms with Crippen LogP contribution < -0.4 is 5.32 Å². The molecule has 35 heavy (non-hydrogen) atoms. The number of sulfone groups is 1. The first-order valence-electron chi connectivity index (χ1n) is 11.4. The smallest absolute Gasteiger partial charge is 0.254 e. The summed E-state index contributed by atoms with van der Waals surface area (Å²) in [5.74, 6) is -2.57. The monoisotopic (exact) mass is 506 g/mol. The van der Waals surface area contributed by atoms with Gasteiger partial charge in [0.1, 0.15) is 17.7 Å². The van der Waals surface area contributed by atoms with Gasteiger partial charge in [-0.2, -0.15) is 0 Å². The number of hydrogen-bond acceptors (Lipinski definition) is 5. The van der Waals surface area contributed by atoms with Crippen LogP contribution in [-0.4, -0.2) is 56.7 Å². The van der Waals surface area contributed by atoms with E-state index in [2.05, 4.69) is 5.32 Å². The summed E-state index contributed by atoms with van der Waals surface area (Å²) in [6.45, 7) is 4.41. The zero-order valence-electron chi connectivity index (χ0n) is 19.7. The maximum atomic E-state index is 14.6. The Morgan fingerprint density at radius 1 is 1.11 bits per heavy atom. The number of hydrogen-bond donors (Lipinski definition) is 1.